The minimum absolute atomic E-state index is 0.363. The van der Waals surface area contributed by atoms with Crippen LogP contribution in [0.1, 0.15) is 68.2 Å². The Hall–Kier alpha value is -1.00. The highest BCUT2D eigenvalue weighted by Gasteiger charge is 2.33. The quantitative estimate of drug-likeness (QED) is 0.917. The van der Waals surface area contributed by atoms with Gasteiger partial charge < -0.3 is 10.1 Å². The van der Waals surface area contributed by atoms with E-state index < -0.39 is 0 Å². The average Bonchev–Trinajstić information content (AvgIpc) is 2.44. The Morgan fingerprint density at radius 2 is 2.15 bits per heavy atom. The second kappa shape index (κ2) is 5.41. The highest BCUT2D eigenvalue weighted by Crippen LogP contribution is 2.39. The van der Waals surface area contributed by atoms with Gasteiger partial charge in [-0.3, -0.25) is 0 Å². The van der Waals surface area contributed by atoms with Crippen LogP contribution in [0.3, 0.4) is 0 Å². The van der Waals surface area contributed by atoms with Crippen molar-refractivity contribution in [1.82, 2.24) is 15.3 Å². The van der Waals surface area contributed by atoms with Crippen LogP contribution in [0.5, 0.6) is 0 Å². The van der Waals surface area contributed by atoms with Crippen molar-refractivity contribution in [2.24, 2.45) is 0 Å². The molecule has 1 N–H and O–H groups in total. The van der Waals surface area contributed by atoms with E-state index in [-0.39, 0.29) is 5.60 Å². The van der Waals surface area contributed by atoms with Crippen LogP contribution in [0, 0.1) is 0 Å². The third-order valence-electron chi connectivity index (χ3n) is 5.06. The van der Waals surface area contributed by atoms with Gasteiger partial charge in [0.2, 0.25) is 0 Å². The average molecular weight is 275 g/mol. The Kier molecular flexibility index (Phi) is 3.78. The van der Waals surface area contributed by atoms with Crippen molar-refractivity contribution in [3.8, 4) is 0 Å². The van der Waals surface area contributed by atoms with Gasteiger partial charge in [0.1, 0.15) is 5.60 Å². The number of methoxy groups -OCH3 is 1. The monoisotopic (exact) mass is 275 g/mol. The Balaban J connectivity index is 2.07. The van der Waals surface area contributed by atoms with Crippen molar-refractivity contribution >= 4 is 0 Å². The molecule has 1 aromatic rings. The van der Waals surface area contributed by atoms with E-state index in [4.69, 9.17) is 14.7 Å². The van der Waals surface area contributed by atoms with Crippen LogP contribution in [0.25, 0.3) is 0 Å². The molecule has 2 heterocycles. The molecule has 20 heavy (non-hydrogen) atoms. The lowest BCUT2D eigenvalue weighted by Crippen LogP contribution is -2.33. The van der Waals surface area contributed by atoms with Gasteiger partial charge in [0.25, 0.3) is 0 Å². The fourth-order valence-electron chi connectivity index (χ4n) is 3.02. The highest BCUT2D eigenvalue weighted by molar-refractivity contribution is 5.32. The molecule has 0 saturated heterocycles. The maximum atomic E-state index is 5.71. The van der Waals surface area contributed by atoms with Crippen LogP contribution < -0.4 is 5.32 Å². The number of hydrogen-bond acceptors (Lipinski definition) is 4. The van der Waals surface area contributed by atoms with Crippen molar-refractivity contribution in [3.05, 3.63) is 22.8 Å². The molecule has 1 aliphatic heterocycles. The summed E-state index contributed by atoms with van der Waals surface area (Å²) in [6.07, 6.45) is 5.79. The molecule has 3 rings (SSSR count). The van der Waals surface area contributed by atoms with Crippen molar-refractivity contribution in [2.45, 2.75) is 64.0 Å². The molecule has 1 unspecified atom stereocenters. The first-order valence-electron chi connectivity index (χ1n) is 7.84. The first kappa shape index (κ1) is 14.0. The molecule has 4 heteroatoms. The number of rotatable bonds is 4. The summed E-state index contributed by atoms with van der Waals surface area (Å²) < 4.78 is 5.71. The van der Waals surface area contributed by atoms with Gasteiger partial charge in [0, 0.05) is 38.1 Å². The van der Waals surface area contributed by atoms with Crippen LogP contribution in [0.15, 0.2) is 0 Å². The Morgan fingerprint density at radius 1 is 1.35 bits per heavy atom. The van der Waals surface area contributed by atoms with Gasteiger partial charge in [-0.05, 0) is 26.2 Å². The normalized spacial score (nSPS) is 21.9. The summed E-state index contributed by atoms with van der Waals surface area (Å²) in [6, 6.07) is 0. The van der Waals surface area contributed by atoms with Crippen LogP contribution in [-0.2, 0) is 23.3 Å². The summed E-state index contributed by atoms with van der Waals surface area (Å²) in [5, 5.41) is 3.46. The lowest BCUT2D eigenvalue weighted by Gasteiger charge is -2.32. The maximum absolute atomic E-state index is 5.71. The van der Waals surface area contributed by atoms with E-state index in [0.717, 1.165) is 31.8 Å². The number of nitrogens with zero attached hydrogens (tertiary/aromatic N) is 2. The molecule has 2 aliphatic rings. The van der Waals surface area contributed by atoms with E-state index in [1.165, 1.54) is 36.2 Å². The fraction of sp³-hybridized carbons (Fsp3) is 0.750. The summed E-state index contributed by atoms with van der Waals surface area (Å²) in [4.78, 5) is 9.80. The van der Waals surface area contributed by atoms with E-state index in [1.807, 2.05) is 0 Å². The Labute approximate surface area is 121 Å². The molecule has 0 bridgehead atoms. The molecular weight excluding hydrogens is 250 g/mol. The lowest BCUT2D eigenvalue weighted by molar-refractivity contribution is -0.00954. The first-order chi connectivity index (χ1) is 9.68. The van der Waals surface area contributed by atoms with Crippen LogP contribution >= 0.6 is 0 Å². The zero-order valence-electron chi connectivity index (χ0n) is 12.8. The largest absolute Gasteiger partial charge is 0.371 e. The van der Waals surface area contributed by atoms with Crippen LogP contribution in [0.4, 0.5) is 0 Å². The first-order valence-corrected chi connectivity index (χ1v) is 7.84. The molecule has 1 aliphatic carbocycles. The molecule has 0 aromatic carbocycles. The van der Waals surface area contributed by atoms with Gasteiger partial charge in [-0.2, -0.15) is 0 Å². The molecule has 1 aromatic heterocycles. The van der Waals surface area contributed by atoms with Crippen molar-refractivity contribution in [2.75, 3.05) is 13.7 Å². The van der Waals surface area contributed by atoms with Crippen LogP contribution in [-0.4, -0.2) is 23.6 Å². The zero-order chi connectivity index (χ0) is 14.2. The minimum Gasteiger partial charge on any atom is -0.371 e. The predicted octanol–water partition coefficient (Wildman–Crippen LogP) is 2.66. The summed E-state index contributed by atoms with van der Waals surface area (Å²) >= 11 is 0. The second-order valence-electron chi connectivity index (χ2n) is 6.20. The van der Waals surface area contributed by atoms with Crippen molar-refractivity contribution < 1.29 is 4.74 Å². The molecule has 0 amide bonds. The zero-order valence-corrected chi connectivity index (χ0v) is 12.8. The number of ether oxygens (including phenoxy) is 1. The Bertz CT molecular complexity index is 493. The van der Waals surface area contributed by atoms with E-state index in [9.17, 15) is 0 Å². The van der Waals surface area contributed by atoms with Gasteiger partial charge in [0.15, 0.2) is 5.82 Å². The highest BCUT2D eigenvalue weighted by atomic mass is 16.5. The topological polar surface area (TPSA) is 47.0 Å². The maximum Gasteiger partial charge on any atom is 0.160 e. The third-order valence-corrected chi connectivity index (χ3v) is 5.06. The van der Waals surface area contributed by atoms with E-state index in [0.29, 0.717) is 5.92 Å². The number of nitrogens with one attached hydrogen (secondary N) is 1. The smallest absolute Gasteiger partial charge is 0.160 e. The van der Waals surface area contributed by atoms with Gasteiger partial charge in [0.05, 0.1) is 11.4 Å². The third kappa shape index (κ3) is 2.25. The summed E-state index contributed by atoms with van der Waals surface area (Å²) in [7, 11) is 1.76. The standard InChI is InChI=1S/C16H25N3O/c1-4-16(2,20-3)15-18-13-8-9-17-10-12(13)14(19-15)11-6-5-7-11/h11,17H,4-10H2,1-3H3. The van der Waals surface area contributed by atoms with Gasteiger partial charge in [-0.25, -0.2) is 9.97 Å². The van der Waals surface area contributed by atoms with Crippen molar-refractivity contribution in [3.63, 3.8) is 0 Å². The van der Waals surface area contributed by atoms with E-state index in [1.54, 1.807) is 7.11 Å². The van der Waals surface area contributed by atoms with E-state index in [2.05, 4.69) is 19.2 Å². The SMILES string of the molecule is CCC(C)(OC)c1nc2c(c(C3CCC3)n1)CNCC2. The molecule has 1 atom stereocenters. The van der Waals surface area contributed by atoms with Crippen LogP contribution in [0.2, 0.25) is 0 Å². The number of aromatic nitrogens is 2. The second-order valence-corrected chi connectivity index (χ2v) is 6.20. The van der Waals surface area contributed by atoms with Crippen molar-refractivity contribution in [1.29, 1.82) is 0 Å². The molecule has 1 fully saturated rings. The molecular formula is C16H25N3O. The lowest BCUT2D eigenvalue weighted by atomic mass is 9.80. The summed E-state index contributed by atoms with van der Waals surface area (Å²) in [6.45, 7) is 6.18. The Morgan fingerprint density at radius 3 is 2.75 bits per heavy atom. The molecule has 0 spiro atoms. The molecule has 0 radical (unpaired) electrons. The van der Waals surface area contributed by atoms with Gasteiger partial charge in [-0.1, -0.05) is 13.3 Å². The summed E-state index contributed by atoms with van der Waals surface area (Å²) in [5.74, 6) is 1.52. The fourth-order valence-corrected chi connectivity index (χ4v) is 3.02. The molecule has 4 nitrogen and oxygen atoms in total. The number of hydrogen-bond donors (Lipinski definition) is 1. The summed E-state index contributed by atoms with van der Waals surface area (Å²) in [5.41, 5.74) is 3.53. The molecule has 1 saturated carbocycles. The molecule has 110 valence electrons. The number of fused-ring (bicyclic) bond motifs is 1. The van der Waals surface area contributed by atoms with Gasteiger partial charge >= 0.3 is 0 Å². The minimum atomic E-state index is -0.363. The van der Waals surface area contributed by atoms with Gasteiger partial charge in [-0.15, -0.1) is 0 Å². The van der Waals surface area contributed by atoms with E-state index >= 15 is 0 Å². The predicted molar refractivity (Wildman–Crippen MR) is 78.7 cm³/mol.